The van der Waals surface area contributed by atoms with Crippen LogP contribution < -0.4 is 5.73 Å². The molecular formula is C18H16N4OS. The highest BCUT2D eigenvalue weighted by Gasteiger charge is 2.17. The maximum Gasteiger partial charge on any atom is 0.230 e. The van der Waals surface area contributed by atoms with E-state index in [1.165, 1.54) is 11.8 Å². The Morgan fingerprint density at radius 1 is 0.917 bits per heavy atom. The summed E-state index contributed by atoms with van der Waals surface area (Å²) in [5, 5.41) is 8.52. The Morgan fingerprint density at radius 2 is 1.46 bits per heavy atom. The monoisotopic (exact) mass is 336 g/mol. The van der Waals surface area contributed by atoms with E-state index >= 15 is 0 Å². The molecule has 2 aromatic carbocycles. The van der Waals surface area contributed by atoms with Crippen molar-refractivity contribution < 1.29 is 4.79 Å². The molecular weight excluding hydrogens is 320 g/mol. The van der Waals surface area contributed by atoms with Gasteiger partial charge in [-0.25, -0.2) is 4.98 Å². The molecule has 0 aliphatic heterocycles. The first-order valence-electron chi connectivity index (χ1n) is 7.46. The van der Waals surface area contributed by atoms with E-state index in [0.29, 0.717) is 10.9 Å². The molecule has 5 nitrogen and oxygen atoms in total. The lowest BCUT2D eigenvalue weighted by Crippen LogP contribution is -2.22. The number of hydrogen-bond donors (Lipinski definition) is 1. The fourth-order valence-electron chi connectivity index (χ4n) is 2.16. The number of carbonyl (C=O) groups excluding carboxylic acids is 1. The highest BCUT2D eigenvalue weighted by molar-refractivity contribution is 8.00. The van der Waals surface area contributed by atoms with E-state index in [1.54, 1.807) is 6.92 Å². The molecule has 1 atom stereocenters. The van der Waals surface area contributed by atoms with Gasteiger partial charge >= 0.3 is 0 Å². The molecule has 1 heterocycles. The standard InChI is InChI=1S/C18H16N4OS/c1-12(17(19)23)24-18-20-15(13-8-4-2-5-9-13)16(21-22-18)14-10-6-3-7-11-14/h2-12H,1H3,(H2,19,23)/t12-/m1/s1. The molecule has 1 aromatic heterocycles. The quantitative estimate of drug-likeness (QED) is 0.724. The Labute approximate surface area is 144 Å². The van der Waals surface area contributed by atoms with E-state index in [0.717, 1.165) is 16.8 Å². The molecule has 0 aliphatic carbocycles. The van der Waals surface area contributed by atoms with Crippen LogP contribution in [0.25, 0.3) is 22.5 Å². The molecule has 0 unspecified atom stereocenters. The lowest BCUT2D eigenvalue weighted by molar-refractivity contribution is -0.117. The first-order valence-corrected chi connectivity index (χ1v) is 8.34. The minimum absolute atomic E-state index is 0.406. The molecule has 0 spiro atoms. The average molecular weight is 336 g/mol. The van der Waals surface area contributed by atoms with Gasteiger partial charge in [0.1, 0.15) is 11.4 Å². The van der Waals surface area contributed by atoms with Gasteiger partial charge in [0.25, 0.3) is 0 Å². The predicted molar refractivity (Wildman–Crippen MR) is 95.2 cm³/mol. The second-order valence-electron chi connectivity index (χ2n) is 5.19. The Kier molecular flexibility index (Phi) is 4.86. The Balaban J connectivity index is 2.08. The van der Waals surface area contributed by atoms with Crippen molar-refractivity contribution in [3.63, 3.8) is 0 Å². The summed E-state index contributed by atoms with van der Waals surface area (Å²) < 4.78 is 0. The lowest BCUT2D eigenvalue weighted by atomic mass is 10.0. The van der Waals surface area contributed by atoms with Crippen LogP contribution in [-0.2, 0) is 4.79 Å². The van der Waals surface area contributed by atoms with Crippen LogP contribution in [0.5, 0.6) is 0 Å². The minimum Gasteiger partial charge on any atom is -0.369 e. The minimum atomic E-state index is -0.419. The van der Waals surface area contributed by atoms with Gasteiger partial charge in [-0.15, -0.1) is 10.2 Å². The van der Waals surface area contributed by atoms with Gasteiger partial charge < -0.3 is 5.73 Å². The van der Waals surface area contributed by atoms with Crippen LogP contribution in [0.1, 0.15) is 6.92 Å². The summed E-state index contributed by atoms with van der Waals surface area (Å²) in [6.45, 7) is 1.73. The molecule has 3 aromatic rings. The highest BCUT2D eigenvalue weighted by Crippen LogP contribution is 2.30. The molecule has 0 aliphatic rings. The number of amides is 1. The molecule has 24 heavy (non-hydrogen) atoms. The van der Waals surface area contributed by atoms with E-state index in [4.69, 9.17) is 5.73 Å². The Hall–Kier alpha value is -2.73. The summed E-state index contributed by atoms with van der Waals surface area (Å²) in [4.78, 5) is 15.9. The Bertz CT molecular complexity index is 840. The first kappa shape index (κ1) is 16.1. The van der Waals surface area contributed by atoms with Crippen molar-refractivity contribution in [1.29, 1.82) is 0 Å². The SMILES string of the molecule is C[C@@H](Sc1nnc(-c2ccccc2)c(-c2ccccc2)n1)C(N)=O. The largest absolute Gasteiger partial charge is 0.369 e. The van der Waals surface area contributed by atoms with Gasteiger partial charge in [0.05, 0.1) is 5.25 Å². The van der Waals surface area contributed by atoms with Crippen LogP contribution in [0.4, 0.5) is 0 Å². The van der Waals surface area contributed by atoms with Crippen molar-refractivity contribution in [2.75, 3.05) is 0 Å². The lowest BCUT2D eigenvalue weighted by Gasteiger charge is -2.10. The molecule has 6 heteroatoms. The van der Waals surface area contributed by atoms with Crippen molar-refractivity contribution in [1.82, 2.24) is 15.2 Å². The van der Waals surface area contributed by atoms with Gasteiger partial charge in [0.15, 0.2) is 0 Å². The normalized spacial score (nSPS) is 11.9. The third kappa shape index (κ3) is 3.60. The zero-order valence-corrected chi connectivity index (χ0v) is 13.9. The van der Waals surface area contributed by atoms with Crippen molar-refractivity contribution in [3.8, 4) is 22.5 Å². The molecule has 0 saturated heterocycles. The summed E-state index contributed by atoms with van der Waals surface area (Å²) in [7, 11) is 0. The number of aromatic nitrogens is 3. The second-order valence-corrected chi connectivity index (χ2v) is 6.49. The molecule has 120 valence electrons. The smallest absolute Gasteiger partial charge is 0.230 e. The van der Waals surface area contributed by atoms with Gasteiger partial charge in [-0.05, 0) is 6.92 Å². The van der Waals surface area contributed by atoms with E-state index in [-0.39, 0.29) is 0 Å². The second kappa shape index (κ2) is 7.23. The third-order valence-electron chi connectivity index (χ3n) is 3.44. The van der Waals surface area contributed by atoms with Crippen LogP contribution in [0.15, 0.2) is 65.8 Å². The van der Waals surface area contributed by atoms with Gasteiger partial charge in [-0.1, -0.05) is 72.4 Å². The van der Waals surface area contributed by atoms with E-state index in [2.05, 4.69) is 15.2 Å². The number of primary amides is 1. The maximum atomic E-state index is 11.3. The fraction of sp³-hybridized carbons (Fsp3) is 0.111. The number of hydrogen-bond acceptors (Lipinski definition) is 5. The number of nitrogens with two attached hydrogens (primary N) is 1. The molecule has 0 saturated carbocycles. The molecule has 2 N–H and O–H groups in total. The van der Waals surface area contributed by atoms with E-state index < -0.39 is 11.2 Å². The predicted octanol–water partition coefficient (Wildman–Crippen LogP) is 3.17. The molecule has 3 rings (SSSR count). The van der Waals surface area contributed by atoms with Crippen molar-refractivity contribution in [3.05, 3.63) is 60.7 Å². The molecule has 1 amide bonds. The summed E-state index contributed by atoms with van der Waals surface area (Å²) in [6, 6.07) is 19.6. The highest BCUT2D eigenvalue weighted by atomic mass is 32.2. The van der Waals surface area contributed by atoms with Gasteiger partial charge in [-0.2, -0.15) is 0 Å². The van der Waals surface area contributed by atoms with Crippen molar-refractivity contribution >= 4 is 17.7 Å². The van der Waals surface area contributed by atoms with Gasteiger partial charge in [0, 0.05) is 11.1 Å². The van der Waals surface area contributed by atoms with Gasteiger partial charge in [-0.3, -0.25) is 4.79 Å². The average Bonchev–Trinajstić information content (AvgIpc) is 2.63. The number of benzene rings is 2. The third-order valence-corrected chi connectivity index (χ3v) is 4.41. The van der Waals surface area contributed by atoms with Crippen LogP contribution in [0, 0.1) is 0 Å². The van der Waals surface area contributed by atoms with Crippen LogP contribution in [0.3, 0.4) is 0 Å². The van der Waals surface area contributed by atoms with Crippen LogP contribution in [0.2, 0.25) is 0 Å². The first-order chi connectivity index (χ1) is 11.6. The number of carbonyl (C=O) groups is 1. The summed E-state index contributed by atoms with van der Waals surface area (Å²) in [6.07, 6.45) is 0. The topological polar surface area (TPSA) is 81.8 Å². The summed E-state index contributed by atoms with van der Waals surface area (Å²) in [5.41, 5.74) is 8.64. The Morgan fingerprint density at radius 3 is 2.00 bits per heavy atom. The number of rotatable bonds is 5. The van der Waals surface area contributed by atoms with Crippen LogP contribution >= 0.6 is 11.8 Å². The van der Waals surface area contributed by atoms with E-state index in [1.807, 2.05) is 60.7 Å². The van der Waals surface area contributed by atoms with E-state index in [9.17, 15) is 4.79 Å². The fourth-order valence-corrected chi connectivity index (χ4v) is 2.83. The number of nitrogens with zero attached hydrogens (tertiary/aromatic N) is 3. The van der Waals surface area contributed by atoms with Crippen LogP contribution in [-0.4, -0.2) is 26.3 Å². The zero-order valence-electron chi connectivity index (χ0n) is 13.1. The van der Waals surface area contributed by atoms with Crippen molar-refractivity contribution in [2.24, 2.45) is 5.73 Å². The molecule has 0 radical (unpaired) electrons. The molecule has 0 bridgehead atoms. The zero-order chi connectivity index (χ0) is 16.9. The summed E-state index contributed by atoms with van der Waals surface area (Å²) in [5.74, 6) is -0.406. The van der Waals surface area contributed by atoms with Gasteiger partial charge in [0.2, 0.25) is 11.1 Å². The molecule has 0 fully saturated rings. The number of thioether (sulfide) groups is 1. The maximum absolute atomic E-state index is 11.3. The summed E-state index contributed by atoms with van der Waals surface area (Å²) >= 11 is 1.21. The van der Waals surface area contributed by atoms with Crippen molar-refractivity contribution in [2.45, 2.75) is 17.3 Å².